The number of aromatic nitrogens is 1. The van der Waals surface area contributed by atoms with Crippen molar-refractivity contribution in [3.8, 4) is 11.3 Å². The molecule has 2 amide bonds. The first-order chi connectivity index (χ1) is 12.7. The van der Waals surface area contributed by atoms with Gasteiger partial charge in [-0.25, -0.2) is 0 Å². The van der Waals surface area contributed by atoms with E-state index >= 15 is 0 Å². The second kappa shape index (κ2) is 7.00. The fourth-order valence-corrected chi connectivity index (χ4v) is 2.83. The molecular weight excluding hydrogens is 330 g/mol. The number of benzene rings is 2. The topological polar surface area (TPSA) is 84.2 Å². The second-order valence-corrected chi connectivity index (χ2v) is 6.43. The Morgan fingerprint density at radius 3 is 2.58 bits per heavy atom. The summed E-state index contributed by atoms with van der Waals surface area (Å²) in [5.41, 5.74) is 2.15. The third kappa shape index (κ3) is 3.44. The third-order valence-electron chi connectivity index (χ3n) is 4.43. The van der Waals surface area contributed by atoms with E-state index in [4.69, 9.17) is 4.52 Å². The van der Waals surface area contributed by atoms with Crippen LogP contribution in [0, 0.1) is 5.92 Å². The highest BCUT2D eigenvalue weighted by molar-refractivity contribution is 6.01. The highest BCUT2D eigenvalue weighted by Gasteiger charge is 2.29. The summed E-state index contributed by atoms with van der Waals surface area (Å²) in [6.45, 7) is 0.830. The van der Waals surface area contributed by atoms with Crippen LogP contribution in [0.5, 0.6) is 0 Å². The van der Waals surface area contributed by atoms with E-state index in [1.54, 1.807) is 18.2 Å². The molecule has 132 valence electrons. The minimum atomic E-state index is -0.187. The highest BCUT2D eigenvalue weighted by Crippen LogP contribution is 2.29. The molecule has 6 nitrogen and oxygen atoms in total. The van der Waals surface area contributed by atoms with Crippen molar-refractivity contribution in [2.24, 2.45) is 5.92 Å². The Labute approximate surface area is 150 Å². The standard InChI is InChI=1S/C20H19N3O3/c24-19(14-6-7-14)21-10-11-22-20(25)15-8-9-17-16(12-15)18(26-23-17)13-4-2-1-3-5-13/h1-5,8-9,12,14H,6-7,10-11H2,(H,21,24)(H,22,25). The van der Waals surface area contributed by atoms with E-state index in [1.807, 2.05) is 30.3 Å². The van der Waals surface area contributed by atoms with Crippen LogP contribution in [0.15, 0.2) is 53.1 Å². The van der Waals surface area contributed by atoms with Crippen molar-refractivity contribution < 1.29 is 14.1 Å². The summed E-state index contributed by atoms with van der Waals surface area (Å²) in [5, 5.41) is 10.5. The van der Waals surface area contributed by atoms with Gasteiger partial charge >= 0.3 is 0 Å². The molecule has 1 saturated carbocycles. The number of hydrogen-bond donors (Lipinski definition) is 2. The molecule has 26 heavy (non-hydrogen) atoms. The maximum absolute atomic E-state index is 12.4. The molecule has 0 aliphatic heterocycles. The zero-order valence-electron chi connectivity index (χ0n) is 14.2. The molecule has 6 heteroatoms. The van der Waals surface area contributed by atoms with Gasteiger partial charge in [-0.05, 0) is 31.0 Å². The molecular formula is C20H19N3O3. The van der Waals surface area contributed by atoms with Crippen LogP contribution >= 0.6 is 0 Å². The maximum atomic E-state index is 12.4. The van der Waals surface area contributed by atoms with Crippen molar-refractivity contribution in [2.45, 2.75) is 12.8 Å². The quantitative estimate of drug-likeness (QED) is 0.670. The molecule has 0 radical (unpaired) electrons. The summed E-state index contributed by atoms with van der Waals surface area (Å²) in [5.74, 6) is 0.718. The average Bonchev–Trinajstić information content (AvgIpc) is 3.44. The van der Waals surface area contributed by atoms with Gasteiger partial charge in [-0.1, -0.05) is 35.5 Å². The number of carbonyl (C=O) groups excluding carboxylic acids is 2. The average molecular weight is 349 g/mol. The number of amides is 2. The third-order valence-corrected chi connectivity index (χ3v) is 4.43. The van der Waals surface area contributed by atoms with Gasteiger partial charge in [-0.15, -0.1) is 0 Å². The molecule has 1 aliphatic rings. The minimum Gasteiger partial charge on any atom is -0.355 e. The summed E-state index contributed by atoms with van der Waals surface area (Å²) in [6.07, 6.45) is 1.95. The van der Waals surface area contributed by atoms with E-state index in [0.29, 0.717) is 29.9 Å². The lowest BCUT2D eigenvalue weighted by molar-refractivity contribution is -0.122. The zero-order chi connectivity index (χ0) is 17.9. The van der Waals surface area contributed by atoms with E-state index in [0.717, 1.165) is 23.8 Å². The summed E-state index contributed by atoms with van der Waals surface area (Å²) >= 11 is 0. The summed E-state index contributed by atoms with van der Waals surface area (Å²) in [7, 11) is 0. The van der Waals surface area contributed by atoms with Crippen LogP contribution < -0.4 is 10.6 Å². The van der Waals surface area contributed by atoms with E-state index in [1.165, 1.54) is 0 Å². The lowest BCUT2D eigenvalue weighted by Crippen LogP contribution is -2.35. The largest absolute Gasteiger partial charge is 0.355 e. The van der Waals surface area contributed by atoms with Crippen molar-refractivity contribution in [1.82, 2.24) is 15.8 Å². The summed E-state index contributed by atoms with van der Waals surface area (Å²) in [6, 6.07) is 14.9. The van der Waals surface area contributed by atoms with Crippen LogP contribution in [0.4, 0.5) is 0 Å². The molecule has 4 rings (SSSR count). The summed E-state index contributed by atoms with van der Waals surface area (Å²) in [4.78, 5) is 23.9. The predicted octanol–water partition coefficient (Wildman–Crippen LogP) is 2.75. The number of nitrogens with one attached hydrogen (secondary N) is 2. The number of nitrogens with zero attached hydrogens (tertiary/aromatic N) is 1. The Morgan fingerprint density at radius 1 is 1.04 bits per heavy atom. The molecule has 1 aliphatic carbocycles. The fourth-order valence-electron chi connectivity index (χ4n) is 2.83. The highest BCUT2D eigenvalue weighted by atomic mass is 16.5. The molecule has 2 aromatic carbocycles. The van der Waals surface area contributed by atoms with Gasteiger partial charge in [-0.3, -0.25) is 9.59 Å². The SMILES string of the molecule is O=C(NCCNC(=O)C1CC1)c1ccc2noc(-c3ccccc3)c2c1. The predicted molar refractivity (Wildman–Crippen MR) is 97.5 cm³/mol. The molecule has 1 fully saturated rings. The van der Waals surface area contributed by atoms with Gasteiger partial charge in [0.05, 0.1) is 5.39 Å². The molecule has 0 bridgehead atoms. The van der Waals surface area contributed by atoms with E-state index in [-0.39, 0.29) is 17.7 Å². The Bertz CT molecular complexity index is 945. The Morgan fingerprint density at radius 2 is 1.81 bits per heavy atom. The first-order valence-electron chi connectivity index (χ1n) is 8.73. The Balaban J connectivity index is 1.44. The van der Waals surface area contributed by atoms with Gasteiger partial charge < -0.3 is 15.2 Å². The normalized spacial score (nSPS) is 13.5. The van der Waals surface area contributed by atoms with E-state index < -0.39 is 0 Å². The van der Waals surface area contributed by atoms with Gasteiger partial charge in [0.15, 0.2) is 5.76 Å². The molecule has 2 N–H and O–H groups in total. The zero-order valence-corrected chi connectivity index (χ0v) is 14.2. The first kappa shape index (κ1) is 16.3. The van der Waals surface area contributed by atoms with Crippen molar-refractivity contribution in [1.29, 1.82) is 0 Å². The Hall–Kier alpha value is -3.15. The van der Waals surface area contributed by atoms with Crippen molar-refractivity contribution in [3.05, 3.63) is 54.1 Å². The fraction of sp³-hybridized carbons (Fsp3) is 0.250. The molecule has 0 spiro atoms. The van der Waals surface area contributed by atoms with E-state index in [9.17, 15) is 9.59 Å². The number of hydrogen-bond acceptors (Lipinski definition) is 4. The minimum absolute atomic E-state index is 0.0812. The molecule has 0 atom stereocenters. The van der Waals surface area contributed by atoms with Crippen LogP contribution in [0.3, 0.4) is 0 Å². The number of fused-ring (bicyclic) bond motifs is 1. The van der Waals surface area contributed by atoms with Gasteiger partial charge in [0.2, 0.25) is 5.91 Å². The maximum Gasteiger partial charge on any atom is 0.251 e. The van der Waals surface area contributed by atoms with Crippen LogP contribution in [-0.4, -0.2) is 30.1 Å². The number of carbonyl (C=O) groups is 2. The molecule has 3 aromatic rings. The monoisotopic (exact) mass is 349 g/mol. The van der Waals surface area contributed by atoms with E-state index in [2.05, 4.69) is 15.8 Å². The van der Waals surface area contributed by atoms with Crippen molar-refractivity contribution in [2.75, 3.05) is 13.1 Å². The van der Waals surface area contributed by atoms with Crippen molar-refractivity contribution >= 4 is 22.7 Å². The molecule has 1 heterocycles. The summed E-state index contributed by atoms with van der Waals surface area (Å²) < 4.78 is 5.46. The van der Waals surface area contributed by atoms with Crippen LogP contribution in [0.25, 0.3) is 22.2 Å². The van der Waals surface area contributed by atoms with Crippen LogP contribution in [0.1, 0.15) is 23.2 Å². The lowest BCUT2D eigenvalue weighted by Gasteiger charge is -2.07. The molecule has 0 saturated heterocycles. The first-order valence-corrected chi connectivity index (χ1v) is 8.73. The van der Waals surface area contributed by atoms with Crippen molar-refractivity contribution in [3.63, 3.8) is 0 Å². The molecule has 1 aromatic heterocycles. The second-order valence-electron chi connectivity index (χ2n) is 6.43. The smallest absolute Gasteiger partial charge is 0.251 e. The van der Waals surface area contributed by atoms with Gasteiger partial charge in [0.25, 0.3) is 5.91 Å². The molecule has 0 unspecified atom stereocenters. The van der Waals surface area contributed by atoms with Gasteiger partial charge in [0, 0.05) is 30.1 Å². The Kier molecular flexibility index (Phi) is 4.39. The van der Waals surface area contributed by atoms with Crippen LogP contribution in [0.2, 0.25) is 0 Å². The van der Waals surface area contributed by atoms with Gasteiger partial charge in [0.1, 0.15) is 5.52 Å². The lowest BCUT2D eigenvalue weighted by atomic mass is 10.1. The number of rotatable bonds is 6. The van der Waals surface area contributed by atoms with Gasteiger partial charge in [-0.2, -0.15) is 0 Å². The van der Waals surface area contributed by atoms with Crippen LogP contribution in [-0.2, 0) is 4.79 Å².